The normalized spacial score (nSPS) is 14.2. The molecular weight excluding hydrogens is 238 g/mol. The molecule has 96 valence electrons. The van der Waals surface area contributed by atoms with Gasteiger partial charge in [0.15, 0.2) is 11.1 Å². The summed E-state index contributed by atoms with van der Waals surface area (Å²) in [6, 6.07) is 0. The van der Waals surface area contributed by atoms with Crippen LogP contribution in [-0.4, -0.2) is 53.4 Å². The standard InChI is InChI=1S/C10H19N5OS/c1-14-5-6-15(8-14)4-2-9(16)17-7-3-13-10(11)12/h5-6H,2-4,7-8H2,1H3,(H4,11,12,13). The Morgan fingerprint density at radius 2 is 2.24 bits per heavy atom. The van der Waals surface area contributed by atoms with Crippen LogP contribution in [-0.2, 0) is 4.79 Å². The summed E-state index contributed by atoms with van der Waals surface area (Å²) in [6.45, 7) is 2.10. The number of hydrogen-bond donors (Lipinski definition) is 2. The zero-order valence-corrected chi connectivity index (χ0v) is 10.8. The van der Waals surface area contributed by atoms with Crippen molar-refractivity contribution in [2.45, 2.75) is 6.42 Å². The molecule has 4 N–H and O–H groups in total. The van der Waals surface area contributed by atoms with Crippen LogP contribution in [0, 0.1) is 0 Å². The van der Waals surface area contributed by atoms with E-state index >= 15 is 0 Å². The SMILES string of the molecule is CN1C=CN(CCC(=O)SCCN=C(N)N)C1. The maximum atomic E-state index is 11.5. The summed E-state index contributed by atoms with van der Waals surface area (Å²) in [4.78, 5) is 19.5. The van der Waals surface area contributed by atoms with E-state index in [1.54, 1.807) is 0 Å². The van der Waals surface area contributed by atoms with E-state index in [1.165, 1.54) is 11.8 Å². The number of aliphatic imine (C=N–C) groups is 1. The molecule has 0 fully saturated rings. The van der Waals surface area contributed by atoms with E-state index in [0.29, 0.717) is 18.7 Å². The molecule has 0 aliphatic carbocycles. The first-order valence-corrected chi connectivity index (χ1v) is 6.40. The van der Waals surface area contributed by atoms with Gasteiger partial charge in [-0.2, -0.15) is 0 Å². The Balaban J connectivity index is 2.05. The fourth-order valence-corrected chi connectivity index (χ4v) is 2.02. The van der Waals surface area contributed by atoms with E-state index in [0.717, 1.165) is 13.2 Å². The molecule has 0 aromatic heterocycles. The van der Waals surface area contributed by atoms with Crippen LogP contribution in [0.25, 0.3) is 0 Å². The lowest BCUT2D eigenvalue weighted by Crippen LogP contribution is -2.24. The molecule has 1 rings (SSSR count). The van der Waals surface area contributed by atoms with E-state index < -0.39 is 0 Å². The Labute approximate surface area is 106 Å². The van der Waals surface area contributed by atoms with Gasteiger partial charge in [0.2, 0.25) is 0 Å². The van der Waals surface area contributed by atoms with Gasteiger partial charge in [0.25, 0.3) is 0 Å². The van der Waals surface area contributed by atoms with Crippen LogP contribution in [0.3, 0.4) is 0 Å². The molecule has 0 radical (unpaired) electrons. The van der Waals surface area contributed by atoms with Crippen molar-refractivity contribution in [3.8, 4) is 0 Å². The quantitative estimate of drug-likeness (QED) is 0.382. The fourth-order valence-electron chi connectivity index (χ4n) is 1.38. The third-order valence-electron chi connectivity index (χ3n) is 2.19. The first-order chi connectivity index (χ1) is 8.08. The van der Waals surface area contributed by atoms with Gasteiger partial charge in [-0.15, -0.1) is 0 Å². The van der Waals surface area contributed by atoms with Crippen LogP contribution < -0.4 is 11.5 Å². The van der Waals surface area contributed by atoms with Crippen molar-refractivity contribution in [1.29, 1.82) is 0 Å². The van der Waals surface area contributed by atoms with Crippen molar-refractivity contribution < 1.29 is 4.79 Å². The highest BCUT2D eigenvalue weighted by molar-refractivity contribution is 8.13. The lowest BCUT2D eigenvalue weighted by atomic mass is 10.4. The summed E-state index contributed by atoms with van der Waals surface area (Å²) in [7, 11) is 2.00. The number of thioether (sulfide) groups is 1. The largest absolute Gasteiger partial charge is 0.370 e. The molecule has 17 heavy (non-hydrogen) atoms. The summed E-state index contributed by atoms with van der Waals surface area (Å²) in [5, 5.41) is 0.179. The molecule has 0 saturated carbocycles. The van der Waals surface area contributed by atoms with Gasteiger partial charge in [-0.3, -0.25) is 9.79 Å². The van der Waals surface area contributed by atoms with Crippen LogP contribution in [0.1, 0.15) is 6.42 Å². The summed E-state index contributed by atoms with van der Waals surface area (Å²) in [5.74, 6) is 0.704. The second kappa shape index (κ2) is 7.05. The van der Waals surface area contributed by atoms with Gasteiger partial charge < -0.3 is 21.3 Å². The highest BCUT2D eigenvalue weighted by Crippen LogP contribution is 2.09. The Bertz CT molecular complexity index is 314. The topological polar surface area (TPSA) is 87.9 Å². The second-order valence-corrected chi connectivity index (χ2v) is 4.94. The molecule has 0 aromatic rings. The lowest BCUT2D eigenvalue weighted by molar-refractivity contribution is -0.111. The predicted octanol–water partition coefficient (Wildman–Crippen LogP) is -0.414. The maximum Gasteiger partial charge on any atom is 0.190 e. The average molecular weight is 257 g/mol. The van der Waals surface area contributed by atoms with Gasteiger partial charge in [-0.25, -0.2) is 0 Å². The van der Waals surface area contributed by atoms with Crippen molar-refractivity contribution in [2.75, 3.05) is 32.6 Å². The number of guanidine groups is 1. The van der Waals surface area contributed by atoms with Crippen molar-refractivity contribution >= 4 is 22.8 Å². The van der Waals surface area contributed by atoms with Crippen LogP contribution in [0.2, 0.25) is 0 Å². The molecular formula is C10H19N5OS. The molecule has 0 bridgehead atoms. The van der Waals surface area contributed by atoms with Gasteiger partial charge >= 0.3 is 0 Å². The van der Waals surface area contributed by atoms with Crippen LogP contribution in [0.15, 0.2) is 17.4 Å². The predicted molar refractivity (Wildman–Crippen MR) is 71.2 cm³/mol. The van der Waals surface area contributed by atoms with Gasteiger partial charge in [-0.05, 0) is 0 Å². The monoisotopic (exact) mass is 257 g/mol. The molecule has 0 unspecified atom stereocenters. The maximum absolute atomic E-state index is 11.5. The van der Waals surface area contributed by atoms with Gasteiger partial charge in [0, 0.05) is 38.2 Å². The number of nitrogens with zero attached hydrogens (tertiary/aromatic N) is 3. The highest BCUT2D eigenvalue weighted by Gasteiger charge is 2.10. The number of hydrogen-bond acceptors (Lipinski definition) is 5. The Hall–Kier alpha value is -1.37. The highest BCUT2D eigenvalue weighted by atomic mass is 32.2. The third-order valence-corrected chi connectivity index (χ3v) is 3.10. The van der Waals surface area contributed by atoms with Crippen molar-refractivity contribution in [3.05, 3.63) is 12.4 Å². The minimum atomic E-state index is 0.0725. The fraction of sp³-hybridized carbons (Fsp3) is 0.600. The molecule has 0 saturated heterocycles. The number of carbonyl (C=O) groups is 1. The zero-order chi connectivity index (χ0) is 12.7. The van der Waals surface area contributed by atoms with E-state index in [9.17, 15) is 4.79 Å². The van der Waals surface area contributed by atoms with Crippen LogP contribution >= 0.6 is 11.8 Å². The second-order valence-electron chi connectivity index (χ2n) is 3.79. The first-order valence-electron chi connectivity index (χ1n) is 5.41. The molecule has 1 aliphatic heterocycles. The smallest absolute Gasteiger partial charge is 0.190 e. The van der Waals surface area contributed by atoms with Crippen molar-refractivity contribution in [3.63, 3.8) is 0 Å². The van der Waals surface area contributed by atoms with E-state index in [1.807, 2.05) is 19.4 Å². The molecule has 0 amide bonds. The van der Waals surface area contributed by atoms with E-state index in [4.69, 9.17) is 11.5 Å². The Kier molecular flexibility index (Phi) is 5.68. The van der Waals surface area contributed by atoms with Gasteiger partial charge in [0.1, 0.15) is 0 Å². The third kappa shape index (κ3) is 6.06. The zero-order valence-electron chi connectivity index (χ0n) is 10.0. The summed E-state index contributed by atoms with van der Waals surface area (Å²) in [6.07, 6.45) is 4.54. The van der Waals surface area contributed by atoms with E-state index in [-0.39, 0.29) is 11.1 Å². The number of rotatable bonds is 6. The molecule has 1 aliphatic rings. The summed E-state index contributed by atoms with van der Waals surface area (Å²) in [5.41, 5.74) is 10.4. The van der Waals surface area contributed by atoms with Crippen LogP contribution in [0.5, 0.6) is 0 Å². The first kappa shape index (κ1) is 13.7. The number of nitrogens with two attached hydrogens (primary N) is 2. The molecule has 1 heterocycles. The van der Waals surface area contributed by atoms with Gasteiger partial charge in [-0.1, -0.05) is 11.8 Å². The molecule has 0 spiro atoms. The van der Waals surface area contributed by atoms with E-state index in [2.05, 4.69) is 14.8 Å². The molecule has 0 aromatic carbocycles. The minimum Gasteiger partial charge on any atom is -0.370 e. The summed E-state index contributed by atoms with van der Waals surface area (Å²) < 4.78 is 0. The lowest BCUT2D eigenvalue weighted by Gasteiger charge is -2.17. The Morgan fingerprint density at radius 1 is 1.47 bits per heavy atom. The number of carbonyl (C=O) groups excluding carboxylic acids is 1. The molecule has 6 nitrogen and oxygen atoms in total. The van der Waals surface area contributed by atoms with Crippen molar-refractivity contribution in [1.82, 2.24) is 9.80 Å². The average Bonchev–Trinajstić information content (AvgIpc) is 2.67. The summed E-state index contributed by atoms with van der Waals surface area (Å²) >= 11 is 1.28. The molecule has 7 heteroatoms. The minimum absolute atomic E-state index is 0.0725. The molecule has 0 atom stereocenters. The van der Waals surface area contributed by atoms with Crippen LogP contribution in [0.4, 0.5) is 0 Å². The Morgan fingerprint density at radius 3 is 2.82 bits per heavy atom. The van der Waals surface area contributed by atoms with Gasteiger partial charge in [0.05, 0.1) is 13.2 Å². The van der Waals surface area contributed by atoms with Crippen molar-refractivity contribution in [2.24, 2.45) is 16.5 Å².